The van der Waals surface area contributed by atoms with E-state index in [-0.39, 0.29) is 5.56 Å². The molecular formula is C12H14F2N4. The Morgan fingerprint density at radius 2 is 2.17 bits per heavy atom. The molecule has 0 aliphatic rings. The molecule has 0 saturated heterocycles. The highest BCUT2D eigenvalue weighted by molar-refractivity contribution is 5.22. The van der Waals surface area contributed by atoms with Crippen molar-refractivity contribution in [3.05, 3.63) is 47.5 Å². The van der Waals surface area contributed by atoms with E-state index in [4.69, 9.17) is 5.73 Å². The summed E-state index contributed by atoms with van der Waals surface area (Å²) in [5.74, 6) is -0.348. The number of aryl methyl sites for hydroxylation is 1. The van der Waals surface area contributed by atoms with Crippen molar-refractivity contribution in [2.75, 3.05) is 0 Å². The van der Waals surface area contributed by atoms with E-state index >= 15 is 0 Å². The third-order valence-corrected chi connectivity index (χ3v) is 2.76. The van der Waals surface area contributed by atoms with Crippen molar-refractivity contribution in [3.63, 3.8) is 0 Å². The van der Waals surface area contributed by atoms with E-state index in [9.17, 15) is 8.78 Å². The normalized spacial score (nSPS) is 12.7. The molecule has 2 N–H and O–H groups in total. The molecule has 1 heterocycles. The lowest BCUT2D eigenvalue weighted by Gasteiger charge is -2.13. The maximum Gasteiger partial charge on any atom is 0.138 e. The molecule has 2 aromatic rings. The largest absolute Gasteiger partial charge is 0.323 e. The van der Waals surface area contributed by atoms with Gasteiger partial charge in [0, 0.05) is 24.6 Å². The van der Waals surface area contributed by atoms with Crippen molar-refractivity contribution in [2.24, 2.45) is 5.73 Å². The van der Waals surface area contributed by atoms with Crippen LogP contribution in [0.4, 0.5) is 8.78 Å². The van der Waals surface area contributed by atoms with E-state index in [2.05, 4.69) is 10.1 Å². The predicted molar refractivity (Wildman–Crippen MR) is 62.7 cm³/mol. The number of halogens is 2. The van der Waals surface area contributed by atoms with E-state index in [0.29, 0.717) is 18.8 Å². The zero-order valence-electron chi connectivity index (χ0n) is 9.98. The number of hydrogen-bond acceptors (Lipinski definition) is 3. The summed E-state index contributed by atoms with van der Waals surface area (Å²) >= 11 is 0. The first kappa shape index (κ1) is 12.6. The quantitative estimate of drug-likeness (QED) is 0.903. The molecule has 0 spiro atoms. The van der Waals surface area contributed by atoms with Crippen LogP contribution in [-0.2, 0) is 13.0 Å². The van der Waals surface area contributed by atoms with Crippen LogP contribution in [0.5, 0.6) is 0 Å². The standard InChI is InChI=1S/C12H14F2N4/c1-2-18-12(16-7-17-18)6-11(15)9-5-8(13)3-4-10(9)14/h3-5,7,11H,2,6,15H2,1H3. The minimum Gasteiger partial charge on any atom is -0.323 e. The fourth-order valence-electron chi connectivity index (χ4n) is 1.82. The SMILES string of the molecule is CCn1ncnc1CC(N)c1cc(F)ccc1F. The summed E-state index contributed by atoms with van der Waals surface area (Å²) in [5.41, 5.74) is 6.05. The zero-order chi connectivity index (χ0) is 13.1. The molecule has 18 heavy (non-hydrogen) atoms. The fraction of sp³-hybridized carbons (Fsp3) is 0.333. The molecule has 0 amide bonds. The van der Waals surface area contributed by atoms with Crippen LogP contribution in [0.2, 0.25) is 0 Å². The second kappa shape index (κ2) is 5.22. The van der Waals surface area contributed by atoms with Crippen molar-refractivity contribution in [1.82, 2.24) is 14.8 Å². The van der Waals surface area contributed by atoms with Crippen LogP contribution >= 0.6 is 0 Å². The van der Waals surface area contributed by atoms with Gasteiger partial charge in [0.1, 0.15) is 23.8 Å². The van der Waals surface area contributed by atoms with Gasteiger partial charge in [-0.15, -0.1) is 0 Å². The third-order valence-electron chi connectivity index (χ3n) is 2.76. The topological polar surface area (TPSA) is 56.7 Å². The minimum atomic E-state index is -0.643. The second-order valence-corrected chi connectivity index (χ2v) is 3.97. The van der Waals surface area contributed by atoms with Crippen molar-refractivity contribution in [2.45, 2.75) is 25.9 Å². The van der Waals surface area contributed by atoms with Gasteiger partial charge in [0.2, 0.25) is 0 Å². The van der Waals surface area contributed by atoms with Crippen molar-refractivity contribution in [1.29, 1.82) is 0 Å². The van der Waals surface area contributed by atoms with Crippen molar-refractivity contribution < 1.29 is 8.78 Å². The fourth-order valence-corrected chi connectivity index (χ4v) is 1.82. The van der Waals surface area contributed by atoms with E-state index in [1.54, 1.807) is 4.68 Å². The van der Waals surface area contributed by atoms with Crippen LogP contribution < -0.4 is 5.73 Å². The Labute approximate surface area is 103 Å². The first-order chi connectivity index (χ1) is 8.61. The van der Waals surface area contributed by atoms with Gasteiger partial charge in [-0.2, -0.15) is 5.10 Å². The second-order valence-electron chi connectivity index (χ2n) is 3.97. The molecule has 0 fully saturated rings. The van der Waals surface area contributed by atoms with Crippen LogP contribution in [0.25, 0.3) is 0 Å². The van der Waals surface area contributed by atoms with Crippen LogP contribution in [0, 0.1) is 11.6 Å². The third kappa shape index (κ3) is 2.53. The Hall–Kier alpha value is -1.82. The lowest BCUT2D eigenvalue weighted by atomic mass is 10.0. The Kier molecular flexibility index (Phi) is 3.66. The Morgan fingerprint density at radius 3 is 2.89 bits per heavy atom. The van der Waals surface area contributed by atoms with Crippen LogP contribution in [0.1, 0.15) is 24.4 Å². The number of aromatic nitrogens is 3. The minimum absolute atomic E-state index is 0.153. The smallest absolute Gasteiger partial charge is 0.138 e. The average molecular weight is 252 g/mol. The Morgan fingerprint density at radius 1 is 1.39 bits per heavy atom. The van der Waals surface area contributed by atoms with Gasteiger partial charge >= 0.3 is 0 Å². The molecule has 0 saturated carbocycles. The molecule has 4 nitrogen and oxygen atoms in total. The van der Waals surface area contributed by atoms with Crippen LogP contribution in [0.3, 0.4) is 0 Å². The van der Waals surface area contributed by atoms with Gasteiger partial charge in [-0.3, -0.25) is 4.68 Å². The first-order valence-corrected chi connectivity index (χ1v) is 5.69. The van der Waals surface area contributed by atoms with Crippen molar-refractivity contribution in [3.8, 4) is 0 Å². The molecule has 0 aliphatic carbocycles. The molecule has 1 atom stereocenters. The molecule has 6 heteroatoms. The summed E-state index contributed by atoms with van der Waals surface area (Å²) in [4.78, 5) is 4.06. The highest BCUT2D eigenvalue weighted by Gasteiger charge is 2.15. The number of nitrogens with zero attached hydrogens (tertiary/aromatic N) is 3. The summed E-state index contributed by atoms with van der Waals surface area (Å²) in [6.45, 7) is 2.58. The zero-order valence-corrected chi connectivity index (χ0v) is 9.98. The highest BCUT2D eigenvalue weighted by Crippen LogP contribution is 2.19. The Balaban J connectivity index is 2.21. The molecule has 0 bridgehead atoms. The molecule has 0 radical (unpaired) electrons. The molecular weight excluding hydrogens is 238 g/mol. The van der Waals surface area contributed by atoms with E-state index in [1.807, 2.05) is 6.92 Å². The Bertz CT molecular complexity index is 539. The molecule has 0 aliphatic heterocycles. The van der Waals surface area contributed by atoms with Gasteiger partial charge in [-0.1, -0.05) is 0 Å². The molecule has 1 unspecified atom stereocenters. The van der Waals surface area contributed by atoms with Gasteiger partial charge in [-0.05, 0) is 25.1 Å². The first-order valence-electron chi connectivity index (χ1n) is 5.69. The average Bonchev–Trinajstić information content (AvgIpc) is 2.79. The molecule has 1 aromatic heterocycles. The molecule has 1 aromatic carbocycles. The number of nitrogens with two attached hydrogens (primary N) is 1. The van der Waals surface area contributed by atoms with Gasteiger partial charge < -0.3 is 5.73 Å². The maximum absolute atomic E-state index is 13.5. The van der Waals surface area contributed by atoms with Crippen LogP contribution in [0.15, 0.2) is 24.5 Å². The summed E-state index contributed by atoms with van der Waals surface area (Å²) in [7, 11) is 0. The summed E-state index contributed by atoms with van der Waals surface area (Å²) in [5, 5.41) is 4.00. The maximum atomic E-state index is 13.5. The number of rotatable bonds is 4. The lowest BCUT2D eigenvalue weighted by molar-refractivity contribution is 0.540. The van der Waals surface area contributed by atoms with E-state index in [1.165, 1.54) is 6.33 Å². The van der Waals surface area contributed by atoms with Gasteiger partial charge in [0.15, 0.2) is 0 Å². The summed E-state index contributed by atoms with van der Waals surface area (Å²) in [6, 6.07) is 2.62. The highest BCUT2D eigenvalue weighted by atomic mass is 19.1. The number of benzene rings is 1. The molecule has 2 rings (SSSR count). The molecule has 96 valence electrons. The summed E-state index contributed by atoms with van der Waals surface area (Å²) < 4.78 is 28.3. The lowest BCUT2D eigenvalue weighted by Crippen LogP contribution is -2.18. The van der Waals surface area contributed by atoms with E-state index in [0.717, 1.165) is 18.2 Å². The van der Waals surface area contributed by atoms with E-state index < -0.39 is 17.7 Å². The van der Waals surface area contributed by atoms with Crippen molar-refractivity contribution >= 4 is 0 Å². The number of hydrogen-bond donors (Lipinski definition) is 1. The predicted octanol–water partition coefficient (Wildman–Crippen LogP) is 1.82. The van der Waals surface area contributed by atoms with Gasteiger partial charge in [0.05, 0.1) is 0 Å². The van der Waals surface area contributed by atoms with Crippen LogP contribution in [-0.4, -0.2) is 14.8 Å². The van der Waals surface area contributed by atoms with Gasteiger partial charge in [0.25, 0.3) is 0 Å². The summed E-state index contributed by atoms with van der Waals surface area (Å²) in [6.07, 6.45) is 1.74. The monoisotopic (exact) mass is 252 g/mol. The van der Waals surface area contributed by atoms with Gasteiger partial charge in [-0.25, -0.2) is 13.8 Å².